The molecule has 0 heterocycles. The summed E-state index contributed by atoms with van der Waals surface area (Å²) >= 11 is 0. The molecule has 0 fully saturated rings. The van der Waals surface area contributed by atoms with Gasteiger partial charge in [-0.2, -0.15) is 0 Å². The van der Waals surface area contributed by atoms with E-state index in [0.29, 0.717) is 0 Å². The van der Waals surface area contributed by atoms with Gasteiger partial charge in [-0.3, -0.25) is 0 Å². The van der Waals surface area contributed by atoms with Crippen LogP contribution in [0.25, 0.3) is 0 Å². The summed E-state index contributed by atoms with van der Waals surface area (Å²) in [5.74, 6) is 0. The van der Waals surface area contributed by atoms with Crippen molar-refractivity contribution in [3.05, 3.63) is 12.2 Å². The van der Waals surface area contributed by atoms with E-state index >= 15 is 0 Å². The fourth-order valence-electron chi connectivity index (χ4n) is 1.71. The van der Waals surface area contributed by atoms with E-state index in [9.17, 15) is 0 Å². The standard InChI is InChI=1S/C11H21N/c1-2-10-12-11-8-6-4-3-5-7-9-11/h3-4,11-12H,2,5-10H2,1H3/b4-3-. The topological polar surface area (TPSA) is 12.0 Å². The molecule has 0 bridgehead atoms. The summed E-state index contributed by atoms with van der Waals surface area (Å²) in [7, 11) is 0. The molecule has 0 aromatic carbocycles. The molecule has 1 unspecified atom stereocenters. The second-order valence-corrected chi connectivity index (χ2v) is 3.63. The van der Waals surface area contributed by atoms with Crippen molar-refractivity contribution in [2.75, 3.05) is 6.54 Å². The van der Waals surface area contributed by atoms with Crippen LogP contribution in [0.15, 0.2) is 12.2 Å². The highest BCUT2D eigenvalue weighted by Gasteiger charge is 2.06. The molecule has 0 amide bonds. The number of hydrogen-bond donors (Lipinski definition) is 1. The molecule has 1 rings (SSSR count). The Labute approximate surface area is 76.2 Å². The van der Waals surface area contributed by atoms with E-state index in [4.69, 9.17) is 0 Å². The van der Waals surface area contributed by atoms with Crippen molar-refractivity contribution in [3.63, 3.8) is 0 Å². The quantitative estimate of drug-likeness (QED) is 0.637. The zero-order valence-electron chi connectivity index (χ0n) is 8.18. The van der Waals surface area contributed by atoms with Gasteiger partial charge in [0.1, 0.15) is 0 Å². The largest absolute Gasteiger partial charge is 0.314 e. The molecule has 1 aliphatic rings. The van der Waals surface area contributed by atoms with Gasteiger partial charge in [-0.1, -0.05) is 19.1 Å². The Bertz CT molecular complexity index is 129. The minimum absolute atomic E-state index is 0.787. The minimum atomic E-state index is 0.787. The molecule has 0 aromatic heterocycles. The number of rotatable bonds is 3. The van der Waals surface area contributed by atoms with E-state index < -0.39 is 0 Å². The predicted octanol–water partition coefficient (Wildman–Crippen LogP) is 2.87. The second kappa shape index (κ2) is 6.24. The first kappa shape index (κ1) is 9.79. The van der Waals surface area contributed by atoms with Crippen molar-refractivity contribution < 1.29 is 0 Å². The monoisotopic (exact) mass is 167 g/mol. The van der Waals surface area contributed by atoms with Gasteiger partial charge in [0, 0.05) is 6.04 Å². The lowest BCUT2D eigenvalue weighted by Crippen LogP contribution is -2.29. The van der Waals surface area contributed by atoms with Gasteiger partial charge < -0.3 is 5.32 Å². The Morgan fingerprint density at radius 2 is 2.08 bits per heavy atom. The van der Waals surface area contributed by atoms with Crippen LogP contribution in [-0.4, -0.2) is 12.6 Å². The first-order chi connectivity index (χ1) is 5.93. The molecule has 0 saturated carbocycles. The highest BCUT2D eigenvalue weighted by atomic mass is 14.9. The summed E-state index contributed by atoms with van der Waals surface area (Å²) in [6, 6.07) is 0.787. The third-order valence-electron chi connectivity index (χ3n) is 2.45. The van der Waals surface area contributed by atoms with Crippen LogP contribution in [0.3, 0.4) is 0 Å². The lowest BCUT2D eigenvalue weighted by molar-refractivity contribution is 0.440. The smallest absolute Gasteiger partial charge is 0.00701 e. The van der Waals surface area contributed by atoms with Crippen LogP contribution < -0.4 is 5.32 Å². The van der Waals surface area contributed by atoms with Gasteiger partial charge in [0.2, 0.25) is 0 Å². The summed E-state index contributed by atoms with van der Waals surface area (Å²) in [5.41, 5.74) is 0. The van der Waals surface area contributed by atoms with Crippen LogP contribution >= 0.6 is 0 Å². The molecule has 0 aromatic rings. The van der Waals surface area contributed by atoms with E-state index in [2.05, 4.69) is 24.4 Å². The van der Waals surface area contributed by atoms with Gasteiger partial charge in [-0.25, -0.2) is 0 Å². The second-order valence-electron chi connectivity index (χ2n) is 3.63. The van der Waals surface area contributed by atoms with Crippen molar-refractivity contribution in [3.8, 4) is 0 Å². The molecule has 0 radical (unpaired) electrons. The van der Waals surface area contributed by atoms with Crippen molar-refractivity contribution >= 4 is 0 Å². The van der Waals surface area contributed by atoms with E-state index in [1.165, 1.54) is 45.1 Å². The minimum Gasteiger partial charge on any atom is -0.314 e. The maximum absolute atomic E-state index is 3.61. The first-order valence-electron chi connectivity index (χ1n) is 5.32. The number of hydrogen-bond acceptors (Lipinski definition) is 1. The lowest BCUT2D eigenvalue weighted by Gasteiger charge is -2.18. The predicted molar refractivity (Wildman–Crippen MR) is 54.3 cm³/mol. The molecule has 1 heteroatoms. The van der Waals surface area contributed by atoms with Gasteiger partial charge in [-0.15, -0.1) is 0 Å². The zero-order valence-corrected chi connectivity index (χ0v) is 8.18. The van der Waals surface area contributed by atoms with E-state index in [0.717, 1.165) is 6.04 Å². The summed E-state index contributed by atoms with van der Waals surface area (Å²) in [6.45, 7) is 3.42. The van der Waals surface area contributed by atoms with E-state index in [1.54, 1.807) is 0 Å². The molecular formula is C11H21N. The molecule has 1 N–H and O–H groups in total. The van der Waals surface area contributed by atoms with Crippen molar-refractivity contribution in [2.45, 2.75) is 51.5 Å². The summed E-state index contributed by atoms with van der Waals surface area (Å²) in [5, 5.41) is 3.61. The Balaban J connectivity index is 2.18. The molecular weight excluding hydrogens is 146 g/mol. The molecule has 1 aliphatic carbocycles. The van der Waals surface area contributed by atoms with Crippen LogP contribution in [0.2, 0.25) is 0 Å². The van der Waals surface area contributed by atoms with Crippen LogP contribution in [0.4, 0.5) is 0 Å². The molecule has 1 nitrogen and oxygen atoms in total. The highest BCUT2D eigenvalue weighted by Crippen LogP contribution is 2.11. The Morgan fingerprint density at radius 3 is 2.92 bits per heavy atom. The Morgan fingerprint density at radius 1 is 1.25 bits per heavy atom. The van der Waals surface area contributed by atoms with Crippen LogP contribution in [0.5, 0.6) is 0 Å². The van der Waals surface area contributed by atoms with Gasteiger partial charge in [0.15, 0.2) is 0 Å². The zero-order chi connectivity index (χ0) is 8.65. The Hall–Kier alpha value is -0.300. The molecule has 1 atom stereocenters. The average Bonchev–Trinajstić information content (AvgIpc) is 2.02. The van der Waals surface area contributed by atoms with Crippen molar-refractivity contribution in [1.29, 1.82) is 0 Å². The van der Waals surface area contributed by atoms with Crippen LogP contribution in [0.1, 0.15) is 45.4 Å². The van der Waals surface area contributed by atoms with Gasteiger partial charge in [-0.05, 0) is 45.1 Å². The van der Waals surface area contributed by atoms with Crippen LogP contribution in [0, 0.1) is 0 Å². The Kier molecular flexibility index (Phi) is 5.09. The molecule has 12 heavy (non-hydrogen) atoms. The average molecular weight is 167 g/mol. The molecule has 0 aliphatic heterocycles. The van der Waals surface area contributed by atoms with E-state index in [1.807, 2.05) is 0 Å². The third kappa shape index (κ3) is 3.91. The fraction of sp³-hybridized carbons (Fsp3) is 0.818. The highest BCUT2D eigenvalue weighted by molar-refractivity contribution is 4.86. The van der Waals surface area contributed by atoms with Crippen LogP contribution in [-0.2, 0) is 0 Å². The van der Waals surface area contributed by atoms with Crippen molar-refractivity contribution in [2.24, 2.45) is 0 Å². The summed E-state index contributed by atoms with van der Waals surface area (Å²) in [6.07, 6.45) is 12.5. The number of nitrogens with one attached hydrogen (secondary N) is 1. The van der Waals surface area contributed by atoms with Crippen molar-refractivity contribution in [1.82, 2.24) is 5.32 Å². The fourth-order valence-corrected chi connectivity index (χ4v) is 1.71. The maximum Gasteiger partial charge on any atom is 0.00701 e. The number of allylic oxidation sites excluding steroid dienone is 2. The molecule has 0 saturated heterocycles. The van der Waals surface area contributed by atoms with Gasteiger partial charge in [0.25, 0.3) is 0 Å². The van der Waals surface area contributed by atoms with Gasteiger partial charge >= 0.3 is 0 Å². The van der Waals surface area contributed by atoms with E-state index in [-0.39, 0.29) is 0 Å². The summed E-state index contributed by atoms with van der Waals surface area (Å²) < 4.78 is 0. The first-order valence-corrected chi connectivity index (χ1v) is 5.32. The molecule has 70 valence electrons. The SMILES string of the molecule is CCCNC1CC/C=C\CCC1. The third-order valence-corrected chi connectivity index (χ3v) is 2.45. The lowest BCUT2D eigenvalue weighted by atomic mass is 10.0. The summed E-state index contributed by atoms with van der Waals surface area (Å²) in [4.78, 5) is 0. The normalized spacial score (nSPS) is 27.6. The molecule has 0 spiro atoms. The maximum atomic E-state index is 3.61. The van der Waals surface area contributed by atoms with Gasteiger partial charge in [0.05, 0.1) is 0 Å².